The van der Waals surface area contributed by atoms with E-state index in [0.29, 0.717) is 16.7 Å². The molecule has 7 nitrogen and oxygen atoms in total. The molecule has 1 aromatic heterocycles. The molecule has 0 aliphatic carbocycles. The lowest BCUT2D eigenvalue weighted by molar-refractivity contribution is -0.119. The second-order valence-corrected chi connectivity index (χ2v) is 7.38. The van der Waals surface area contributed by atoms with Crippen molar-refractivity contribution < 1.29 is 9.59 Å². The maximum atomic E-state index is 13.2. The number of benzene rings is 3. The van der Waals surface area contributed by atoms with E-state index in [1.807, 2.05) is 72.8 Å². The molecule has 7 heteroatoms. The third kappa shape index (κ3) is 3.50. The number of carbonyl (C=O) groups is 2. The molecule has 2 heterocycles. The standard InChI is InChI=1S/C25H19N5O2/c1-30-21-14-8-5-11-17(21)22(16-9-3-2-4-10-16)28-23(25(30)32)29-24(31)20-15-26-18-12-6-7-13-19(18)27-20/h2-15,23H,1H3,(H,29,31). The zero-order chi connectivity index (χ0) is 22.1. The van der Waals surface area contributed by atoms with Gasteiger partial charge in [-0.2, -0.15) is 0 Å². The van der Waals surface area contributed by atoms with Crippen LogP contribution in [0.15, 0.2) is 90.1 Å². The molecule has 0 saturated carbocycles. The van der Waals surface area contributed by atoms with Gasteiger partial charge in [-0.05, 0) is 18.2 Å². The zero-order valence-electron chi connectivity index (χ0n) is 17.3. The van der Waals surface area contributed by atoms with Gasteiger partial charge in [0.2, 0.25) is 6.17 Å². The highest BCUT2D eigenvalue weighted by Gasteiger charge is 2.31. The number of anilines is 1. The van der Waals surface area contributed by atoms with Crippen LogP contribution in [0.5, 0.6) is 0 Å². The summed E-state index contributed by atoms with van der Waals surface area (Å²) >= 11 is 0. The van der Waals surface area contributed by atoms with Crippen molar-refractivity contribution in [2.75, 3.05) is 11.9 Å². The SMILES string of the molecule is CN1C(=O)C(NC(=O)c2cnc3ccccc3n2)N=C(c2ccccc2)c2ccccc21. The van der Waals surface area contributed by atoms with Crippen molar-refractivity contribution in [3.63, 3.8) is 0 Å². The molecular weight excluding hydrogens is 402 g/mol. The van der Waals surface area contributed by atoms with Crippen molar-refractivity contribution in [2.24, 2.45) is 4.99 Å². The van der Waals surface area contributed by atoms with E-state index < -0.39 is 12.1 Å². The molecule has 32 heavy (non-hydrogen) atoms. The van der Waals surface area contributed by atoms with Crippen LogP contribution < -0.4 is 10.2 Å². The highest BCUT2D eigenvalue weighted by Crippen LogP contribution is 2.27. The van der Waals surface area contributed by atoms with Crippen molar-refractivity contribution in [1.82, 2.24) is 15.3 Å². The van der Waals surface area contributed by atoms with Gasteiger partial charge in [-0.1, -0.05) is 60.7 Å². The van der Waals surface area contributed by atoms with Crippen LogP contribution in [0, 0.1) is 0 Å². The van der Waals surface area contributed by atoms with Gasteiger partial charge in [0.05, 0.1) is 28.6 Å². The minimum Gasteiger partial charge on any atom is -0.321 e. The number of hydrogen-bond donors (Lipinski definition) is 1. The van der Waals surface area contributed by atoms with E-state index in [0.717, 1.165) is 16.8 Å². The average Bonchev–Trinajstić information content (AvgIpc) is 2.95. The number of likely N-dealkylation sites (N-methyl/N-ethyl adjacent to an activating group) is 1. The van der Waals surface area contributed by atoms with Crippen molar-refractivity contribution in [3.05, 3.63) is 102 Å². The van der Waals surface area contributed by atoms with Crippen molar-refractivity contribution in [2.45, 2.75) is 6.17 Å². The summed E-state index contributed by atoms with van der Waals surface area (Å²) in [5.41, 5.74) is 4.44. The van der Waals surface area contributed by atoms with Crippen LogP contribution >= 0.6 is 0 Å². The minimum atomic E-state index is -1.11. The topological polar surface area (TPSA) is 87.5 Å². The third-order valence-corrected chi connectivity index (χ3v) is 5.34. The lowest BCUT2D eigenvalue weighted by Crippen LogP contribution is -2.46. The smallest absolute Gasteiger partial charge is 0.273 e. The Labute approximate surface area is 184 Å². The molecule has 0 bridgehead atoms. The Morgan fingerprint density at radius 1 is 0.906 bits per heavy atom. The van der Waals surface area contributed by atoms with Crippen molar-refractivity contribution in [3.8, 4) is 0 Å². The van der Waals surface area contributed by atoms with Crippen LogP contribution in [0.4, 0.5) is 5.69 Å². The number of fused-ring (bicyclic) bond motifs is 2. The zero-order valence-corrected chi connectivity index (χ0v) is 17.3. The fraction of sp³-hybridized carbons (Fsp3) is 0.0800. The van der Waals surface area contributed by atoms with Crippen LogP contribution in [0.3, 0.4) is 0 Å². The molecule has 1 N–H and O–H groups in total. The Balaban J connectivity index is 1.55. The predicted molar refractivity (Wildman–Crippen MR) is 123 cm³/mol. The number of hydrogen-bond acceptors (Lipinski definition) is 5. The molecule has 1 atom stereocenters. The Kier molecular flexibility index (Phi) is 4.91. The largest absolute Gasteiger partial charge is 0.321 e. The Morgan fingerprint density at radius 2 is 1.59 bits per heavy atom. The summed E-state index contributed by atoms with van der Waals surface area (Å²) in [6.45, 7) is 0. The highest BCUT2D eigenvalue weighted by molar-refractivity contribution is 6.20. The lowest BCUT2D eigenvalue weighted by Gasteiger charge is -2.20. The lowest BCUT2D eigenvalue weighted by atomic mass is 10.0. The third-order valence-electron chi connectivity index (χ3n) is 5.34. The second-order valence-electron chi connectivity index (χ2n) is 7.38. The maximum absolute atomic E-state index is 13.2. The Morgan fingerprint density at radius 3 is 2.41 bits per heavy atom. The van der Waals surface area contributed by atoms with E-state index in [1.54, 1.807) is 13.1 Å². The summed E-state index contributed by atoms with van der Waals surface area (Å²) in [6.07, 6.45) is 0.294. The molecule has 1 aliphatic rings. The first-order valence-electron chi connectivity index (χ1n) is 10.1. The normalized spacial score (nSPS) is 15.7. The van der Waals surface area contributed by atoms with Crippen LogP contribution in [0.25, 0.3) is 11.0 Å². The quantitative estimate of drug-likeness (QED) is 0.550. The molecule has 156 valence electrons. The molecule has 0 spiro atoms. The van der Waals surface area contributed by atoms with E-state index in [1.165, 1.54) is 11.1 Å². The number of para-hydroxylation sites is 3. The van der Waals surface area contributed by atoms with E-state index in [-0.39, 0.29) is 11.6 Å². The number of benzodiazepines with no additional fused rings is 1. The van der Waals surface area contributed by atoms with Gasteiger partial charge in [-0.25, -0.2) is 9.98 Å². The summed E-state index contributed by atoms with van der Waals surface area (Å²) in [7, 11) is 1.68. The average molecular weight is 421 g/mol. The molecule has 0 saturated heterocycles. The molecule has 3 aromatic carbocycles. The van der Waals surface area contributed by atoms with Crippen LogP contribution in [0.2, 0.25) is 0 Å². The number of nitrogens with one attached hydrogen (secondary N) is 1. The fourth-order valence-electron chi connectivity index (χ4n) is 3.71. The number of nitrogens with zero attached hydrogens (tertiary/aromatic N) is 4. The number of aliphatic imine (C=N–C) groups is 1. The van der Waals surface area contributed by atoms with E-state index in [9.17, 15) is 9.59 Å². The summed E-state index contributed by atoms with van der Waals surface area (Å²) < 4.78 is 0. The van der Waals surface area contributed by atoms with Gasteiger partial charge in [-0.15, -0.1) is 0 Å². The monoisotopic (exact) mass is 421 g/mol. The van der Waals surface area contributed by atoms with E-state index in [2.05, 4.69) is 15.3 Å². The molecular formula is C25H19N5O2. The van der Waals surface area contributed by atoms with E-state index in [4.69, 9.17) is 4.99 Å². The summed E-state index contributed by atoms with van der Waals surface area (Å²) in [5.74, 6) is -0.859. The summed E-state index contributed by atoms with van der Waals surface area (Å²) in [6, 6.07) is 24.4. The first kappa shape index (κ1) is 19.6. The van der Waals surface area contributed by atoms with Crippen molar-refractivity contribution in [1.29, 1.82) is 0 Å². The number of amides is 2. The van der Waals surface area contributed by atoms with Crippen LogP contribution in [0.1, 0.15) is 21.6 Å². The number of carbonyl (C=O) groups excluding carboxylic acids is 2. The molecule has 0 fully saturated rings. The number of rotatable bonds is 3. The molecule has 2 amide bonds. The summed E-state index contributed by atoms with van der Waals surface area (Å²) in [5, 5.41) is 2.73. The Hall–Kier alpha value is -4.39. The first-order valence-corrected chi connectivity index (χ1v) is 10.1. The first-order chi connectivity index (χ1) is 15.6. The van der Waals surface area contributed by atoms with Gasteiger partial charge in [0.25, 0.3) is 11.8 Å². The molecule has 1 unspecified atom stereocenters. The van der Waals surface area contributed by atoms with E-state index >= 15 is 0 Å². The molecule has 1 aliphatic heterocycles. The van der Waals surface area contributed by atoms with Gasteiger partial charge >= 0.3 is 0 Å². The van der Waals surface area contributed by atoms with Gasteiger partial charge in [-0.3, -0.25) is 14.6 Å². The highest BCUT2D eigenvalue weighted by atomic mass is 16.2. The minimum absolute atomic E-state index is 0.123. The summed E-state index contributed by atoms with van der Waals surface area (Å²) in [4.78, 5) is 41.1. The van der Waals surface area contributed by atoms with Crippen LogP contribution in [-0.4, -0.2) is 40.7 Å². The fourth-order valence-corrected chi connectivity index (χ4v) is 3.71. The maximum Gasteiger partial charge on any atom is 0.273 e. The van der Waals surface area contributed by atoms with Gasteiger partial charge in [0, 0.05) is 18.2 Å². The predicted octanol–water partition coefficient (Wildman–Crippen LogP) is 3.20. The molecule has 4 aromatic rings. The Bertz CT molecular complexity index is 1370. The van der Waals surface area contributed by atoms with Crippen molar-refractivity contribution >= 4 is 34.2 Å². The van der Waals surface area contributed by atoms with Gasteiger partial charge < -0.3 is 10.2 Å². The second kappa shape index (κ2) is 8.03. The van der Waals surface area contributed by atoms with Crippen LogP contribution in [-0.2, 0) is 4.79 Å². The van der Waals surface area contributed by atoms with Gasteiger partial charge in [0.1, 0.15) is 5.69 Å². The molecule has 0 radical (unpaired) electrons. The number of aromatic nitrogens is 2. The molecule has 5 rings (SSSR count). The van der Waals surface area contributed by atoms with Gasteiger partial charge in [0.15, 0.2) is 0 Å².